The van der Waals surface area contributed by atoms with Crippen LogP contribution in [0.1, 0.15) is 0 Å². The monoisotopic (exact) mass is 452 g/mol. The molecule has 2 N–H and O–H groups in total. The van der Waals surface area contributed by atoms with Crippen molar-refractivity contribution in [1.82, 2.24) is 25.1 Å². The van der Waals surface area contributed by atoms with Crippen molar-refractivity contribution in [3.63, 3.8) is 0 Å². The average Bonchev–Trinajstić information content (AvgIpc) is 3.36. The number of aromatic amines is 1. The van der Waals surface area contributed by atoms with Crippen LogP contribution in [0.2, 0.25) is 5.02 Å². The number of benzene rings is 2. The molecule has 0 saturated carbocycles. The molecular weight excluding hydrogens is 440 g/mol. The van der Waals surface area contributed by atoms with Gasteiger partial charge in [-0.15, -0.1) is 21.5 Å². The van der Waals surface area contributed by atoms with Crippen LogP contribution in [0.5, 0.6) is 0 Å². The molecule has 10 heteroatoms. The molecule has 0 fully saturated rings. The van der Waals surface area contributed by atoms with Gasteiger partial charge in [-0.3, -0.25) is 4.79 Å². The molecule has 0 saturated heterocycles. The van der Waals surface area contributed by atoms with Gasteiger partial charge in [-0.1, -0.05) is 59.8 Å². The van der Waals surface area contributed by atoms with Gasteiger partial charge in [0.2, 0.25) is 11.1 Å². The Labute approximate surface area is 183 Å². The van der Waals surface area contributed by atoms with E-state index in [0.29, 0.717) is 26.5 Å². The van der Waals surface area contributed by atoms with E-state index in [1.54, 1.807) is 0 Å². The van der Waals surface area contributed by atoms with E-state index in [0.717, 1.165) is 22.2 Å². The highest BCUT2D eigenvalue weighted by atomic mass is 35.5. The van der Waals surface area contributed by atoms with Crippen LogP contribution in [0.3, 0.4) is 0 Å². The van der Waals surface area contributed by atoms with E-state index in [1.165, 1.54) is 23.1 Å². The summed E-state index contributed by atoms with van der Waals surface area (Å²) >= 11 is 8.78. The summed E-state index contributed by atoms with van der Waals surface area (Å²) in [6.07, 6.45) is 0. The molecule has 0 aliphatic carbocycles. The Balaban J connectivity index is 1.25. The van der Waals surface area contributed by atoms with Gasteiger partial charge in [0.15, 0.2) is 10.8 Å². The highest BCUT2D eigenvalue weighted by Crippen LogP contribution is 2.30. The molecule has 3 heterocycles. The number of carbonyl (C=O) groups is 1. The van der Waals surface area contributed by atoms with E-state index in [1.807, 2.05) is 53.9 Å². The minimum Gasteiger partial charge on any atom is -0.338 e. The minimum absolute atomic E-state index is 0.147. The van der Waals surface area contributed by atoms with Crippen molar-refractivity contribution in [2.45, 2.75) is 5.16 Å². The summed E-state index contributed by atoms with van der Waals surface area (Å²) < 4.78 is 0. The molecular formula is C20H13ClN6OS2. The number of fused-ring (bicyclic) bond motifs is 3. The van der Waals surface area contributed by atoms with Gasteiger partial charge in [0.25, 0.3) is 0 Å². The zero-order valence-corrected chi connectivity index (χ0v) is 17.7. The van der Waals surface area contributed by atoms with E-state index in [2.05, 4.69) is 30.5 Å². The quantitative estimate of drug-likeness (QED) is 0.364. The maximum atomic E-state index is 12.3. The first-order chi connectivity index (χ1) is 14.7. The second-order valence-corrected chi connectivity index (χ2v) is 8.52. The number of halogens is 1. The number of hydrogen-bond donors (Lipinski definition) is 2. The molecule has 3 aromatic heterocycles. The summed E-state index contributed by atoms with van der Waals surface area (Å²) in [5, 5.41) is 15.6. The number of carbonyl (C=O) groups excluding carboxylic acids is 1. The first kappa shape index (κ1) is 19.0. The number of para-hydroxylation sites is 1. The zero-order chi connectivity index (χ0) is 20.5. The van der Waals surface area contributed by atoms with Crippen LogP contribution in [-0.2, 0) is 4.79 Å². The summed E-state index contributed by atoms with van der Waals surface area (Å²) in [5.74, 6) is -0.0468. The molecule has 30 heavy (non-hydrogen) atoms. The summed E-state index contributed by atoms with van der Waals surface area (Å²) in [4.78, 5) is 24.5. The normalized spacial score (nSPS) is 11.2. The number of anilines is 1. The number of nitrogens with zero attached hydrogens (tertiary/aromatic N) is 4. The van der Waals surface area contributed by atoms with Crippen molar-refractivity contribution in [2.75, 3.05) is 11.1 Å². The Kier molecular flexibility index (Phi) is 5.07. The molecule has 0 spiro atoms. The molecule has 7 nitrogen and oxygen atoms in total. The Morgan fingerprint density at radius 3 is 2.83 bits per heavy atom. The number of nitrogens with one attached hydrogen (secondary N) is 2. The van der Waals surface area contributed by atoms with Gasteiger partial charge in [0.05, 0.1) is 11.4 Å². The fourth-order valence-corrected chi connectivity index (χ4v) is 4.52. The van der Waals surface area contributed by atoms with Crippen molar-refractivity contribution in [3.8, 4) is 11.3 Å². The predicted octanol–water partition coefficient (Wildman–Crippen LogP) is 5.01. The SMILES string of the molecule is O=C(CSc1nnc2c(n1)[nH]c1ccccc12)Nc1nc(-c2ccccc2Cl)cs1. The van der Waals surface area contributed by atoms with Crippen LogP contribution in [0.25, 0.3) is 33.3 Å². The third-order valence-corrected chi connectivity index (χ3v) is 6.26. The summed E-state index contributed by atoms with van der Waals surface area (Å²) in [6, 6.07) is 15.3. The molecule has 0 bridgehead atoms. The van der Waals surface area contributed by atoms with Crippen LogP contribution in [0.4, 0.5) is 5.13 Å². The van der Waals surface area contributed by atoms with Gasteiger partial charge in [-0.2, -0.15) is 0 Å². The zero-order valence-electron chi connectivity index (χ0n) is 15.3. The first-order valence-electron chi connectivity index (χ1n) is 8.91. The van der Waals surface area contributed by atoms with Gasteiger partial charge in [0, 0.05) is 26.9 Å². The van der Waals surface area contributed by atoms with Crippen LogP contribution < -0.4 is 5.32 Å². The molecule has 0 aliphatic heterocycles. The molecule has 5 aromatic rings. The van der Waals surface area contributed by atoms with Crippen molar-refractivity contribution in [2.24, 2.45) is 0 Å². The fraction of sp³-hybridized carbons (Fsp3) is 0.0500. The van der Waals surface area contributed by atoms with Crippen LogP contribution in [0.15, 0.2) is 59.1 Å². The Morgan fingerprint density at radius 1 is 1.10 bits per heavy atom. The third kappa shape index (κ3) is 3.74. The third-order valence-electron chi connectivity index (χ3n) is 4.34. The highest BCUT2D eigenvalue weighted by Gasteiger charge is 2.13. The molecule has 0 unspecified atom stereocenters. The van der Waals surface area contributed by atoms with Gasteiger partial charge in [-0.25, -0.2) is 9.97 Å². The summed E-state index contributed by atoms with van der Waals surface area (Å²) in [5.41, 5.74) is 3.88. The van der Waals surface area contributed by atoms with Gasteiger partial charge in [-0.05, 0) is 12.1 Å². The highest BCUT2D eigenvalue weighted by molar-refractivity contribution is 7.99. The standard InChI is InChI=1S/C20H13ClN6OS2/c21-13-7-3-1-5-11(13)15-9-29-19(23-15)24-16(28)10-30-20-25-18-17(26-27-20)12-6-2-4-8-14(12)22-18/h1-9H,10H2,(H,22,25,27)(H,23,24,28). The molecule has 2 aromatic carbocycles. The Hall–Kier alpha value is -3.01. The van der Waals surface area contributed by atoms with E-state index < -0.39 is 0 Å². The maximum Gasteiger partial charge on any atom is 0.236 e. The minimum atomic E-state index is -0.194. The molecule has 0 aliphatic rings. The van der Waals surface area contributed by atoms with Crippen LogP contribution in [-0.4, -0.2) is 36.8 Å². The lowest BCUT2D eigenvalue weighted by molar-refractivity contribution is -0.113. The summed E-state index contributed by atoms with van der Waals surface area (Å²) in [7, 11) is 0. The van der Waals surface area contributed by atoms with Gasteiger partial charge in [0.1, 0.15) is 5.52 Å². The number of thioether (sulfide) groups is 1. The lowest BCUT2D eigenvalue weighted by Crippen LogP contribution is -2.14. The first-order valence-corrected chi connectivity index (χ1v) is 11.2. The number of amides is 1. The molecule has 0 atom stereocenters. The molecule has 148 valence electrons. The maximum absolute atomic E-state index is 12.3. The van der Waals surface area contributed by atoms with Gasteiger partial charge < -0.3 is 10.3 Å². The molecule has 1 amide bonds. The average molecular weight is 453 g/mol. The van der Waals surface area contributed by atoms with Crippen molar-refractivity contribution < 1.29 is 4.79 Å². The molecule has 5 rings (SSSR count). The fourth-order valence-electron chi connectivity index (χ4n) is 2.98. The predicted molar refractivity (Wildman–Crippen MR) is 121 cm³/mol. The number of rotatable bonds is 5. The van der Waals surface area contributed by atoms with E-state index in [-0.39, 0.29) is 11.7 Å². The number of hydrogen-bond acceptors (Lipinski definition) is 7. The lowest BCUT2D eigenvalue weighted by atomic mass is 10.2. The lowest BCUT2D eigenvalue weighted by Gasteiger charge is -2.01. The Bertz CT molecular complexity index is 1380. The van der Waals surface area contributed by atoms with Crippen LogP contribution >= 0.6 is 34.7 Å². The number of H-pyrrole nitrogens is 1. The van der Waals surface area contributed by atoms with Crippen molar-refractivity contribution in [1.29, 1.82) is 0 Å². The summed E-state index contributed by atoms with van der Waals surface area (Å²) in [6.45, 7) is 0. The van der Waals surface area contributed by atoms with E-state index >= 15 is 0 Å². The van der Waals surface area contributed by atoms with Gasteiger partial charge >= 0.3 is 0 Å². The number of thiazole rings is 1. The van der Waals surface area contributed by atoms with E-state index in [4.69, 9.17) is 11.6 Å². The second kappa shape index (κ2) is 8.02. The van der Waals surface area contributed by atoms with E-state index in [9.17, 15) is 4.79 Å². The Morgan fingerprint density at radius 2 is 1.93 bits per heavy atom. The largest absolute Gasteiger partial charge is 0.338 e. The second-order valence-electron chi connectivity index (χ2n) is 6.32. The smallest absolute Gasteiger partial charge is 0.236 e. The van der Waals surface area contributed by atoms with Crippen molar-refractivity contribution >= 4 is 67.8 Å². The van der Waals surface area contributed by atoms with Crippen LogP contribution in [0, 0.1) is 0 Å². The topological polar surface area (TPSA) is 96.5 Å². The van der Waals surface area contributed by atoms with Crippen molar-refractivity contribution in [3.05, 3.63) is 58.9 Å². The number of aromatic nitrogens is 5. The molecule has 0 radical (unpaired) electrons.